The molecule has 0 amide bonds. The Morgan fingerprint density at radius 3 is 2.57 bits per heavy atom. The number of hydrogen-bond donors (Lipinski definition) is 0. The molecule has 21 heavy (non-hydrogen) atoms. The number of anilines is 1. The van der Waals surface area contributed by atoms with Gasteiger partial charge < -0.3 is 0 Å². The van der Waals surface area contributed by atoms with Crippen LogP contribution in [0.2, 0.25) is 10.0 Å². The Labute approximate surface area is 134 Å². The van der Waals surface area contributed by atoms with Crippen LogP contribution < -0.4 is 4.31 Å². The summed E-state index contributed by atoms with van der Waals surface area (Å²) in [5, 5.41) is 0.300. The van der Waals surface area contributed by atoms with Crippen LogP contribution in [0.3, 0.4) is 0 Å². The fourth-order valence-electron chi connectivity index (χ4n) is 2.69. The summed E-state index contributed by atoms with van der Waals surface area (Å²) in [6.07, 6.45) is 0.688. The van der Waals surface area contributed by atoms with Crippen molar-refractivity contribution in [1.82, 2.24) is 0 Å². The third-order valence-corrected chi connectivity index (χ3v) is 6.50. The number of sulfonamides is 1. The molecule has 0 unspecified atom stereocenters. The number of para-hydroxylation sites is 1. The summed E-state index contributed by atoms with van der Waals surface area (Å²) < 4.78 is 27.4. The van der Waals surface area contributed by atoms with Gasteiger partial charge in [0.15, 0.2) is 0 Å². The number of rotatable bonds is 2. The summed E-state index contributed by atoms with van der Waals surface area (Å²) >= 11 is 12.0. The molecule has 0 radical (unpaired) electrons. The zero-order valence-electron chi connectivity index (χ0n) is 11.3. The highest BCUT2D eigenvalue weighted by atomic mass is 35.5. The smallest absolute Gasteiger partial charge is 0.263 e. The van der Waals surface area contributed by atoms with Crippen molar-refractivity contribution >= 4 is 38.9 Å². The van der Waals surface area contributed by atoms with Crippen molar-refractivity contribution < 1.29 is 8.42 Å². The van der Waals surface area contributed by atoms with E-state index in [0.717, 1.165) is 5.56 Å². The maximum absolute atomic E-state index is 13.0. The van der Waals surface area contributed by atoms with Crippen LogP contribution >= 0.6 is 23.2 Å². The topological polar surface area (TPSA) is 37.4 Å². The van der Waals surface area contributed by atoms with E-state index in [1.807, 2.05) is 31.2 Å². The normalized spacial score (nSPS) is 17.9. The van der Waals surface area contributed by atoms with Gasteiger partial charge in [0.25, 0.3) is 10.0 Å². The van der Waals surface area contributed by atoms with Crippen LogP contribution in [-0.4, -0.2) is 14.5 Å². The monoisotopic (exact) mass is 341 g/mol. The van der Waals surface area contributed by atoms with Gasteiger partial charge in [0.1, 0.15) is 4.90 Å². The summed E-state index contributed by atoms with van der Waals surface area (Å²) in [6, 6.07) is 12.0. The Balaban J connectivity index is 2.17. The number of hydrogen-bond acceptors (Lipinski definition) is 2. The number of nitrogens with zero attached hydrogens (tertiary/aromatic N) is 1. The van der Waals surface area contributed by atoms with Crippen molar-refractivity contribution in [3.8, 4) is 0 Å². The molecule has 1 atom stereocenters. The molecule has 0 fully saturated rings. The van der Waals surface area contributed by atoms with E-state index >= 15 is 0 Å². The first-order chi connectivity index (χ1) is 9.93. The van der Waals surface area contributed by atoms with E-state index < -0.39 is 10.0 Å². The Bertz CT molecular complexity index is 805. The molecule has 1 aliphatic heterocycles. The molecule has 0 spiro atoms. The van der Waals surface area contributed by atoms with Gasteiger partial charge in [0.2, 0.25) is 0 Å². The molecule has 6 heteroatoms. The third-order valence-electron chi connectivity index (χ3n) is 3.60. The van der Waals surface area contributed by atoms with Gasteiger partial charge in [-0.15, -0.1) is 0 Å². The summed E-state index contributed by atoms with van der Waals surface area (Å²) in [7, 11) is -3.74. The standard InChI is InChI=1S/C15H13Cl2NO2S/c1-10-9-11-5-2-3-7-13(11)18(10)21(19,20)14-8-4-6-12(16)15(14)17/h2-8,10H,9H2,1H3/t10-/m0/s1. The summed E-state index contributed by atoms with van der Waals surface area (Å²) in [6.45, 7) is 1.88. The highest BCUT2D eigenvalue weighted by Gasteiger charge is 2.37. The van der Waals surface area contributed by atoms with Gasteiger partial charge in [-0.25, -0.2) is 8.42 Å². The molecule has 3 rings (SSSR count). The second-order valence-corrected chi connectivity index (χ2v) is 7.60. The number of benzene rings is 2. The lowest BCUT2D eigenvalue weighted by molar-refractivity contribution is 0.584. The van der Waals surface area contributed by atoms with Crippen molar-refractivity contribution in [3.05, 3.63) is 58.1 Å². The molecule has 2 aromatic carbocycles. The van der Waals surface area contributed by atoms with E-state index in [9.17, 15) is 8.42 Å². The lowest BCUT2D eigenvalue weighted by Gasteiger charge is -2.25. The van der Waals surface area contributed by atoms with Crippen molar-refractivity contribution in [3.63, 3.8) is 0 Å². The van der Waals surface area contributed by atoms with Gasteiger partial charge in [-0.3, -0.25) is 4.31 Å². The molecule has 0 aliphatic carbocycles. The Hall–Kier alpha value is -1.23. The van der Waals surface area contributed by atoms with Crippen LogP contribution in [0.1, 0.15) is 12.5 Å². The Morgan fingerprint density at radius 2 is 1.81 bits per heavy atom. The van der Waals surface area contributed by atoms with E-state index in [1.165, 1.54) is 10.4 Å². The largest absolute Gasteiger partial charge is 0.266 e. The predicted molar refractivity (Wildman–Crippen MR) is 85.7 cm³/mol. The summed E-state index contributed by atoms with van der Waals surface area (Å²) in [5.41, 5.74) is 1.73. The van der Waals surface area contributed by atoms with Crippen LogP contribution in [0.5, 0.6) is 0 Å². The summed E-state index contributed by atoms with van der Waals surface area (Å²) in [5.74, 6) is 0. The number of fused-ring (bicyclic) bond motifs is 1. The zero-order chi connectivity index (χ0) is 15.2. The molecular formula is C15H13Cl2NO2S. The zero-order valence-corrected chi connectivity index (χ0v) is 13.6. The quantitative estimate of drug-likeness (QED) is 0.823. The van der Waals surface area contributed by atoms with Crippen molar-refractivity contribution in [2.45, 2.75) is 24.3 Å². The second kappa shape index (κ2) is 5.20. The van der Waals surface area contributed by atoms with E-state index in [1.54, 1.807) is 12.1 Å². The second-order valence-electron chi connectivity index (χ2n) is 5.03. The maximum Gasteiger partial charge on any atom is 0.266 e. The summed E-state index contributed by atoms with van der Waals surface area (Å²) in [4.78, 5) is 0.0419. The van der Waals surface area contributed by atoms with Crippen molar-refractivity contribution in [2.75, 3.05) is 4.31 Å². The third kappa shape index (κ3) is 2.31. The van der Waals surface area contributed by atoms with Crippen LogP contribution in [0, 0.1) is 0 Å². The molecule has 0 bridgehead atoms. The highest BCUT2D eigenvalue weighted by Crippen LogP contribution is 2.39. The predicted octanol–water partition coefficient (Wildman–Crippen LogP) is 4.13. The molecule has 1 aliphatic rings. The fourth-order valence-corrected chi connectivity index (χ4v) is 5.13. The Morgan fingerprint density at radius 1 is 1.10 bits per heavy atom. The van der Waals surface area contributed by atoms with Gasteiger partial charge >= 0.3 is 0 Å². The van der Waals surface area contributed by atoms with Gasteiger partial charge in [-0.05, 0) is 37.1 Å². The maximum atomic E-state index is 13.0. The first-order valence-electron chi connectivity index (χ1n) is 6.49. The lowest BCUT2D eigenvalue weighted by Crippen LogP contribution is -2.35. The van der Waals surface area contributed by atoms with Gasteiger partial charge in [0.05, 0.1) is 15.7 Å². The first-order valence-corrected chi connectivity index (χ1v) is 8.69. The van der Waals surface area contributed by atoms with Crippen LogP contribution in [0.4, 0.5) is 5.69 Å². The fraction of sp³-hybridized carbons (Fsp3) is 0.200. The van der Waals surface area contributed by atoms with Crippen molar-refractivity contribution in [2.24, 2.45) is 0 Å². The van der Waals surface area contributed by atoms with Crippen LogP contribution in [-0.2, 0) is 16.4 Å². The minimum absolute atomic E-state index is 0.0419. The van der Waals surface area contributed by atoms with E-state index in [4.69, 9.17) is 23.2 Å². The van der Waals surface area contributed by atoms with Crippen molar-refractivity contribution in [1.29, 1.82) is 0 Å². The van der Waals surface area contributed by atoms with Crippen LogP contribution in [0.25, 0.3) is 0 Å². The molecule has 3 nitrogen and oxygen atoms in total. The minimum atomic E-state index is -3.74. The molecule has 110 valence electrons. The molecule has 1 heterocycles. The minimum Gasteiger partial charge on any atom is -0.263 e. The van der Waals surface area contributed by atoms with Gasteiger partial charge in [0, 0.05) is 6.04 Å². The first kappa shape index (κ1) is 14.7. The molecule has 0 saturated heterocycles. The van der Waals surface area contributed by atoms with Gasteiger partial charge in [-0.1, -0.05) is 47.5 Å². The lowest BCUT2D eigenvalue weighted by atomic mass is 10.1. The molecule has 0 aromatic heterocycles. The van der Waals surface area contributed by atoms with Crippen LogP contribution in [0.15, 0.2) is 47.4 Å². The molecule has 2 aromatic rings. The molecular weight excluding hydrogens is 329 g/mol. The highest BCUT2D eigenvalue weighted by molar-refractivity contribution is 7.93. The SMILES string of the molecule is C[C@H]1Cc2ccccc2N1S(=O)(=O)c1cccc(Cl)c1Cl. The Kier molecular flexibility index (Phi) is 3.64. The molecule has 0 N–H and O–H groups in total. The molecule has 0 saturated carbocycles. The van der Waals surface area contributed by atoms with E-state index in [0.29, 0.717) is 12.1 Å². The van der Waals surface area contributed by atoms with E-state index in [2.05, 4.69) is 0 Å². The number of halogens is 2. The average molecular weight is 342 g/mol. The average Bonchev–Trinajstić information content (AvgIpc) is 2.78. The van der Waals surface area contributed by atoms with E-state index in [-0.39, 0.29) is 21.0 Å². The van der Waals surface area contributed by atoms with Gasteiger partial charge in [-0.2, -0.15) is 0 Å².